The minimum atomic E-state index is -3.60. The Morgan fingerprint density at radius 2 is 1.57 bits per heavy atom. The summed E-state index contributed by atoms with van der Waals surface area (Å²) in [4.78, 5) is 29.2. The predicted molar refractivity (Wildman–Crippen MR) is 154 cm³/mol. The molecule has 2 heterocycles. The van der Waals surface area contributed by atoms with E-state index in [1.54, 1.807) is 15.9 Å². The topological polar surface area (TPSA) is 104 Å². The van der Waals surface area contributed by atoms with Crippen LogP contribution in [0.25, 0.3) is 0 Å². The maximum Gasteiger partial charge on any atom is 0.410 e. The van der Waals surface area contributed by atoms with Crippen LogP contribution >= 0.6 is 0 Å². The first-order valence-electron chi connectivity index (χ1n) is 15.0. The van der Waals surface area contributed by atoms with Gasteiger partial charge >= 0.3 is 6.09 Å². The Hall–Kier alpha value is -2.03. The highest BCUT2D eigenvalue weighted by Gasteiger charge is 2.66. The van der Waals surface area contributed by atoms with Crippen molar-refractivity contribution in [2.75, 3.05) is 31.9 Å². The average molecular weight is 577 g/mol. The summed E-state index contributed by atoms with van der Waals surface area (Å²) in [5.41, 5.74) is -0.651. The molecular weight excluding hydrogens is 528 g/mol. The van der Waals surface area contributed by atoms with Crippen molar-refractivity contribution in [2.24, 2.45) is 34.0 Å². The Balaban J connectivity index is 1.37. The van der Waals surface area contributed by atoms with Crippen molar-refractivity contribution in [1.29, 1.82) is 0 Å². The van der Waals surface area contributed by atoms with E-state index in [4.69, 9.17) is 4.74 Å². The molecule has 8 nitrogen and oxygen atoms in total. The van der Waals surface area contributed by atoms with Crippen LogP contribution in [0.3, 0.4) is 0 Å². The zero-order valence-corrected chi connectivity index (χ0v) is 26.1. The molecule has 224 valence electrons. The lowest BCUT2D eigenvalue weighted by Crippen LogP contribution is -2.64. The molecule has 5 rings (SSSR count). The van der Waals surface area contributed by atoms with Crippen molar-refractivity contribution in [3.8, 4) is 0 Å². The Labute approximate surface area is 240 Å². The quantitative estimate of drug-likeness (QED) is 0.465. The van der Waals surface area contributed by atoms with Crippen LogP contribution in [0.2, 0.25) is 0 Å². The number of carbonyl (C=O) groups excluding carboxylic acids is 2. The normalized spacial score (nSPS) is 38.7. The van der Waals surface area contributed by atoms with Gasteiger partial charge in [-0.2, -0.15) is 0 Å². The third kappa shape index (κ3) is 4.78. The van der Waals surface area contributed by atoms with Gasteiger partial charge in [0.2, 0.25) is 0 Å². The molecule has 0 bridgehead atoms. The van der Waals surface area contributed by atoms with Gasteiger partial charge in [0, 0.05) is 37.7 Å². The van der Waals surface area contributed by atoms with Gasteiger partial charge < -0.3 is 19.6 Å². The summed E-state index contributed by atoms with van der Waals surface area (Å²) in [6, 6.07) is 0. The van der Waals surface area contributed by atoms with Crippen LogP contribution in [0.1, 0.15) is 80.6 Å². The molecule has 40 heavy (non-hydrogen) atoms. The molecular formula is C31H48N2O6S. The molecule has 2 unspecified atom stereocenters. The second kappa shape index (κ2) is 9.50. The number of aliphatic hydroxyl groups excluding tert-OH is 1. The molecule has 4 fully saturated rings. The number of allylic oxidation sites excluding steroid dienone is 1. The number of hydrogen-bond acceptors (Lipinski definition) is 6. The maximum absolute atomic E-state index is 13.9. The summed E-state index contributed by atoms with van der Waals surface area (Å²) in [5.74, 6) is -0.295. The molecule has 0 radical (unpaired) electrons. The summed E-state index contributed by atoms with van der Waals surface area (Å²) >= 11 is 0. The van der Waals surface area contributed by atoms with E-state index in [0.29, 0.717) is 32.1 Å². The lowest BCUT2D eigenvalue weighted by atomic mass is 9.41. The van der Waals surface area contributed by atoms with Crippen molar-refractivity contribution in [1.82, 2.24) is 9.80 Å². The molecule has 0 aromatic carbocycles. The number of rotatable bonds is 1. The van der Waals surface area contributed by atoms with Crippen molar-refractivity contribution >= 4 is 21.8 Å². The van der Waals surface area contributed by atoms with Gasteiger partial charge in [0.1, 0.15) is 5.60 Å². The monoisotopic (exact) mass is 576 g/mol. The van der Waals surface area contributed by atoms with Gasteiger partial charge in [0.25, 0.3) is 5.91 Å². The molecule has 5 aliphatic rings. The maximum atomic E-state index is 13.9. The van der Waals surface area contributed by atoms with Crippen LogP contribution in [0, 0.1) is 34.0 Å². The van der Waals surface area contributed by atoms with E-state index in [-0.39, 0.29) is 45.2 Å². The molecule has 2 aliphatic heterocycles. The summed E-state index contributed by atoms with van der Waals surface area (Å²) in [6.07, 6.45) is 7.92. The summed E-state index contributed by atoms with van der Waals surface area (Å²) in [6.45, 7) is 15.9. The molecule has 0 spiro atoms. The first-order valence-corrected chi connectivity index (χ1v) is 16.7. The third-order valence-electron chi connectivity index (χ3n) is 11.1. The lowest BCUT2D eigenvalue weighted by molar-refractivity contribution is -0.140. The zero-order chi connectivity index (χ0) is 29.5. The van der Waals surface area contributed by atoms with E-state index in [0.717, 1.165) is 25.7 Å². The highest BCUT2D eigenvalue weighted by molar-refractivity contribution is 7.92. The molecule has 0 aromatic heterocycles. The fourth-order valence-corrected chi connectivity index (χ4v) is 11.9. The molecule has 9 heteroatoms. The molecule has 0 aromatic rings. The summed E-state index contributed by atoms with van der Waals surface area (Å²) in [7, 11) is -3.60. The highest BCUT2D eigenvalue weighted by Crippen LogP contribution is 2.68. The number of carbonyl (C=O) groups is 2. The van der Waals surface area contributed by atoms with Gasteiger partial charge in [-0.1, -0.05) is 40.2 Å². The zero-order valence-electron chi connectivity index (χ0n) is 25.3. The van der Waals surface area contributed by atoms with Crippen molar-refractivity contribution in [2.45, 2.75) is 91.4 Å². The van der Waals surface area contributed by atoms with E-state index in [2.05, 4.69) is 27.7 Å². The van der Waals surface area contributed by atoms with Gasteiger partial charge in [0.05, 0.1) is 16.8 Å². The fraction of sp³-hybridized carbons (Fsp3) is 0.806. The standard InChI is InChI=1S/C31H48N2O6S/c1-28(2,3)39-27(36)33-15-13-32(14-16-33)26(35)20-17-21(34)25-22(18-20)40(37,38)19-24-30(6)11-8-10-29(4,5)23(30)9-12-31(24,25)7/h17-18,22-25,34H,8-16,19H2,1-7H3/t22?,23-,24+,25?,30-,31+/m0/s1. The fourth-order valence-electron chi connectivity index (χ4n) is 9.28. The van der Waals surface area contributed by atoms with Gasteiger partial charge in [-0.15, -0.1) is 0 Å². The number of hydrogen-bond donors (Lipinski definition) is 1. The Kier molecular flexibility index (Phi) is 6.99. The summed E-state index contributed by atoms with van der Waals surface area (Å²) in [5, 5.41) is 10.6. The number of sulfone groups is 1. The minimum absolute atomic E-state index is 0.0242. The number of aliphatic hydroxyl groups is 1. The first-order chi connectivity index (χ1) is 18.4. The van der Waals surface area contributed by atoms with Crippen LogP contribution < -0.4 is 0 Å². The SMILES string of the molecule is CC(C)(C)OC(=O)N1CCN(C(=O)C2=CC3C(C(O)=C2)[C@]2(C)CC[C@H]4C(C)(C)CCC[C@]4(C)[C@H]2CS3(=O)=O)CC1. The van der Waals surface area contributed by atoms with Crippen LogP contribution in [0.5, 0.6) is 0 Å². The predicted octanol–water partition coefficient (Wildman–Crippen LogP) is 5.11. The number of ether oxygens (including phenoxy) is 1. The number of amides is 2. The van der Waals surface area contributed by atoms with Crippen molar-refractivity contribution < 1.29 is 27.9 Å². The van der Waals surface area contributed by atoms with E-state index in [1.807, 2.05) is 20.8 Å². The first kappa shape index (κ1) is 29.5. The van der Waals surface area contributed by atoms with E-state index < -0.39 is 32.7 Å². The van der Waals surface area contributed by atoms with Crippen LogP contribution in [0.4, 0.5) is 4.79 Å². The number of piperazine rings is 1. The Morgan fingerprint density at radius 1 is 0.950 bits per heavy atom. The van der Waals surface area contributed by atoms with Gasteiger partial charge in [-0.05, 0) is 80.6 Å². The van der Waals surface area contributed by atoms with E-state index in [1.165, 1.54) is 12.5 Å². The summed E-state index contributed by atoms with van der Waals surface area (Å²) < 4.78 is 33.3. The Morgan fingerprint density at radius 3 is 2.20 bits per heavy atom. The van der Waals surface area contributed by atoms with E-state index >= 15 is 0 Å². The molecule has 2 amide bonds. The van der Waals surface area contributed by atoms with Crippen LogP contribution in [0.15, 0.2) is 23.5 Å². The largest absolute Gasteiger partial charge is 0.512 e. The van der Waals surface area contributed by atoms with Gasteiger partial charge in [-0.25, -0.2) is 13.2 Å². The van der Waals surface area contributed by atoms with Crippen LogP contribution in [-0.4, -0.2) is 78.1 Å². The van der Waals surface area contributed by atoms with E-state index in [9.17, 15) is 23.1 Å². The molecule has 1 N–H and O–H groups in total. The molecule has 6 atom stereocenters. The molecule has 3 aliphatic carbocycles. The van der Waals surface area contributed by atoms with Crippen molar-refractivity contribution in [3.63, 3.8) is 0 Å². The van der Waals surface area contributed by atoms with Gasteiger partial charge in [-0.3, -0.25) is 4.79 Å². The highest BCUT2D eigenvalue weighted by atomic mass is 32.2. The number of fused-ring (bicyclic) bond motifs is 5. The smallest absolute Gasteiger partial charge is 0.410 e. The molecule has 2 saturated heterocycles. The second-order valence-corrected chi connectivity index (χ2v) is 17.4. The van der Waals surface area contributed by atoms with Crippen molar-refractivity contribution in [3.05, 3.63) is 23.5 Å². The average Bonchev–Trinajstić information content (AvgIpc) is 2.83. The second-order valence-electron chi connectivity index (χ2n) is 15.2. The lowest BCUT2D eigenvalue weighted by Gasteiger charge is -2.66. The van der Waals surface area contributed by atoms with Crippen LogP contribution in [-0.2, 0) is 19.4 Å². The Bertz CT molecular complexity index is 1240. The van der Waals surface area contributed by atoms with Gasteiger partial charge in [0.15, 0.2) is 9.84 Å². The molecule has 2 saturated carbocycles. The number of nitrogens with zero attached hydrogens (tertiary/aromatic N) is 2. The minimum Gasteiger partial charge on any atom is -0.512 e. The third-order valence-corrected chi connectivity index (χ3v) is 13.2.